The first-order chi connectivity index (χ1) is 29.6. The molecule has 1 heteroatoms. The maximum Gasteiger partial charge on any atom is 0.143 e. The third-order valence-corrected chi connectivity index (χ3v) is 7.57. The van der Waals surface area contributed by atoms with Crippen molar-refractivity contribution < 1.29 is 31.8 Å². The van der Waals surface area contributed by atoms with E-state index in [0.29, 0.717) is 16.4 Å². The van der Waals surface area contributed by atoms with E-state index in [1.165, 1.54) is 12.1 Å². The molecule has 0 saturated carbocycles. The third kappa shape index (κ3) is 3.72. The van der Waals surface area contributed by atoms with Gasteiger partial charge in [0.25, 0.3) is 0 Å². The standard InChI is InChI=1S/C42H28O/c1-2-13-28(14-3-1)37-25-29(26-38-31-18-10-11-24-39(31)43-42(37)38)40-33-19-6-8-21-35(33)41(36-22-9-7-20-34(36)40)32-23-12-16-27-15-4-5-17-30(27)32/h2,4-26H,1,3H2/i1D,2D,3D,4D,5D,6D,7D,8D,9D,12D,13D,14D,15D,16D,17D,19D,20D,21D,22D,23D. The molecule has 0 amide bonds. The number of para-hydroxylation sites is 1. The van der Waals surface area contributed by atoms with Crippen LogP contribution in [0.1, 0.15) is 45.8 Å². The van der Waals surface area contributed by atoms with E-state index in [-0.39, 0.29) is 38.6 Å². The molecule has 0 N–H and O–H groups in total. The molecule has 43 heavy (non-hydrogen) atoms. The molecule has 2 unspecified atom stereocenters. The number of hydrogen-bond acceptors (Lipinski definition) is 1. The summed E-state index contributed by atoms with van der Waals surface area (Å²) in [6, 6.07) is -3.69. The monoisotopic (exact) mass is 568 g/mol. The lowest BCUT2D eigenvalue weighted by molar-refractivity contribution is 0.668. The van der Waals surface area contributed by atoms with E-state index >= 15 is 0 Å². The Labute approximate surface area is 278 Å². The summed E-state index contributed by atoms with van der Waals surface area (Å²) < 4.78 is 185. The molecule has 202 valence electrons. The summed E-state index contributed by atoms with van der Waals surface area (Å²) in [4.78, 5) is 0. The summed E-state index contributed by atoms with van der Waals surface area (Å²) in [5, 5.41) is -1.89. The second-order valence-corrected chi connectivity index (χ2v) is 9.87. The summed E-state index contributed by atoms with van der Waals surface area (Å²) in [7, 11) is 0. The molecule has 0 aliphatic heterocycles. The molecule has 0 bridgehead atoms. The summed E-state index contributed by atoms with van der Waals surface area (Å²) in [6.45, 7) is 0. The summed E-state index contributed by atoms with van der Waals surface area (Å²) in [5.74, 6) is 0. The number of benzene rings is 7. The Kier molecular flexibility index (Phi) is 2.61. The average Bonchev–Trinajstić information content (AvgIpc) is 3.65. The van der Waals surface area contributed by atoms with Crippen molar-refractivity contribution >= 4 is 59.8 Å². The lowest BCUT2D eigenvalue weighted by Crippen LogP contribution is -1.93. The molecule has 8 aromatic rings. The molecule has 0 fully saturated rings. The highest BCUT2D eigenvalue weighted by molar-refractivity contribution is 6.24. The van der Waals surface area contributed by atoms with E-state index in [1.54, 1.807) is 24.3 Å². The number of furan rings is 1. The van der Waals surface area contributed by atoms with Gasteiger partial charge in [-0.3, -0.25) is 0 Å². The highest BCUT2D eigenvalue weighted by Crippen LogP contribution is 2.47. The quantitative estimate of drug-likeness (QED) is 0.193. The topological polar surface area (TPSA) is 13.1 Å². The zero-order chi connectivity index (χ0) is 45.7. The Hall–Kier alpha value is -5.40. The van der Waals surface area contributed by atoms with Crippen LogP contribution in [0.25, 0.3) is 82.1 Å². The maximum atomic E-state index is 9.47. The van der Waals surface area contributed by atoms with Crippen molar-refractivity contribution in [2.45, 2.75) is 12.8 Å². The van der Waals surface area contributed by atoms with Crippen molar-refractivity contribution in [1.29, 1.82) is 0 Å². The smallest absolute Gasteiger partial charge is 0.143 e. The van der Waals surface area contributed by atoms with Crippen molar-refractivity contribution in [3.63, 3.8) is 0 Å². The van der Waals surface area contributed by atoms with Gasteiger partial charge >= 0.3 is 0 Å². The molecule has 0 spiro atoms. The molecular formula is C42H28O. The van der Waals surface area contributed by atoms with E-state index in [0.717, 1.165) is 0 Å². The molecule has 2 atom stereocenters. The van der Waals surface area contributed by atoms with Gasteiger partial charge in [-0.05, 0) is 91.1 Å². The minimum atomic E-state index is -1.60. The Morgan fingerprint density at radius 2 is 1.26 bits per heavy atom. The van der Waals surface area contributed by atoms with Gasteiger partial charge in [0.2, 0.25) is 0 Å². The predicted molar refractivity (Wildman–Crippen MR) is 183 cm³/mol. The largest absolute Gasteiger partial charge is 0.455 e. The van der Waals surface area contributed by atoms with Gasteiger partial charge in [0.1, 0.15) is 11.2 Å². The minimum Gasteiger partial charge on any atom is -0.455 e. The zero-order valence-electron chi connectivity index (χ0n) is 42.0. The van der Waals surface area contributed by atoms with Crippen LogP contribution in [0.15, 0.2) is 150 Å². The van der Waals surface area contributed by atoms with Gasteiger partial charge in [-0.2, -0.15) is 0 Å². The molecular weight excluding hydrogens is 520 g/mol. The molecule has 1 aliphatic rings. The van der Waals surface area contributed by atoms with E-state index in [1.807, 2.05) is 0 Å². The molecule has 1 nitrogen and oxygen atoms in total. The molecule has 1 aliphatic carbocycles. The fourth-order valence-corrected chi connectivity index (χ4v) is 5.78. The average molecular weight is 569 g/mol. The van der Waals surface area contributed by atoms with Crippen LogP contribution in [0, 0.1) is 0 Å². The number of rotatable bonds is 3. The van der Waals surface area contributed by atoms with E-state index in [4.69, 9.17) is 25.0 Å². The SMILES string of the molecule is [2H]C1=C([2H])C([2H])C([2H])C([2H])=C1c1cc(-c2c3c([2H])c([2H])c([2H])c([2H])c3c(-c3c([2H])c([2H])c([2H])c4c([2H])c([2H])c([2H])c([2H])c34)c3c([2H])c([2H])c([2H])c([2H])c23)cc2c1oc1ccccc12. The third-order valence-electron chi connectivity index (χ3n) is 7.57. The van der Waals surface area contributed by atoms with Crippen molar-refractivity contribution in [3.8, 4) is 22.3 Å². The molecule has 1 aromatic heterocycles. The molecule has 0 radical (unpaired) electrons. The van der Waals surface area contributed by atoms with E-state index in [9.17, 15) is 6.85 Å². The van der Waals surface area contributed by atoms with Crippen molar-refractivity contribution in [1.82, 2.24) is 0 Å². The summed E-state index contributed by atoms with van der Waals surface area (Å²) >= 11 is 0. The fourth-order valence-electron chi connectivity index (χ4n) is 5.78. The molecule has 9 rings (SSSR count). The van der Waals surface area contributed by atoms with Gasteiger partial charge < -0.3 is 4.42 Å². The van der Waals surface area contributed by atoms with Gasteiger partial charge in [0.15, 0.2) is 0 Å². The predicted octanol–water partition coefficient (Wildman–Crippen LogP) is 12.1. The Bertz CT molecular complexity index is 3440. The second-order valence-electron chi connectivity index (χ2n) is 9.87. The first-order valence-electron chi connectivity index (χ1n) is 23.5. The Morgan fingerprint density at radius 1 is 0.581 bits per heavy atom. The number of allylic oxidation sites excluding steroid dienone is 4. The second kappa shape index (κ2) is 9.58. The number of fused-ring (bicyclic) bond motifs is 6. The fraction of sp³-hybridized carbons (Fsp3) is 0.0476. The highest BCUT2D eigenvalue weighted by Gasteiger charge is 2.21. The van der Waals surface area contributed by atoms with Crippen LogP contribution in [-0.2, 0) is 0 Å². The normalized spacial score (nSPS) is 24.1. The lowest BCUT2D eigenvalue weighted by Gasteiger charge is -2.19. The summed E-state index contributed by atoms with van der Waals surface area (Å²) in [6.07, 6.45) is -3.16. The van der Waals surface area contributed by atoms with Gasteiger partial charge in [0, 0.05) is 19.1 Å². The molecule has 0 saturated heterocycles. The zero-order valence-corrected chi connectivity index (χ0v) is 22.0. The number of hydrogen-bond donors (Lipinski definition) is 0. The van der Waals surface area contributed by atoms with E-state index < -0.39 is 154 Å². The van der Waals surface area contributed by atoms with Crippen LogP contribution in [0.4, 0.5) is 0 Å². The molecule has 7 aromatic carbocycles. The van der Waals surface area contributed by atoms with E-state index in [2.05, 4.69) is 0 Å². The van der Waals surface area contributed by atoms with Crippen LogP contribution in [0.3, 0.4) is 0 Å². The lowest BCUT2D eigenvalue weighted by atomic mass is 9.83. The maximum absolute atomic E-state index is 9.47. The van der Waals surface area contributed by atoms with Gasteiger partial charge in [-0.1, -0.05) is 127 Å². The molecule has 1 heterocycles. The first kappa shape index (κ1) is 11.7. The van der Waals surface area contributed by atoms with Gasteiger partial charge in [0.05, 0.1) is 24.7 Å². The van der Waals surface area contributed by atoms with Crippen LogP contribution in [0.2, 0.25) is 0 Å². The van der Waals surface area contributed by atoms with Crippen LogP contribution < -0.4 is 0 Å². The van der Waals surface area contributed by atoms with Gasteiger partial charge in [-0.15, -0.1) is 0 Å². The van der Waals surface area contributed by atoms with Gasteiger partial charge in [-0.25, -0.2) is 0 Å². The minimum absolute atomic E-state index is 0.00428. The Balaban J connectivity index is 1.62. The Morgan fingerprint density at radius 3 is 2.05 bits per heavy atom. The van der Waals surface area contributed by atoms with Crippen molar-refractivity contribution in [2.75, 3.05) is 0 Å². The van der Waals surface area contributed by atoms with Crippen molar-refractivity contribution in [2.24, 2.45) is 0 Å². The summed E-state index contributed by atoms with van der Waals surface area (Å²) in [5.41, 5.74) is -1.12. The van der Waals surface area contributed by atoms with Crippen LogP contribution in [0.5, 0.6) is 0 Å². The van der Waals surface area contributed by atoms with Crippen LogP contribution >= 0.6 is 0 Å². The van der Waals surface area contributed by atoms with Crippen molar-refractivity contribution in [3.05, 3.63) is 151 Å². The highest BCUT2D eigenvalue weighted by atomic mass is 16.3. The first-order valence-corrected chi connectivity index (χ1v) is 13.3. The van der Waals surface area contributed by atoms with Crippen LogP contribution in [-0.4, -0.2) is 0 Å².